The summed E-state index contributed by atoms with van der Waals surface area (Å²) in [7, 11) is 0. The monoisotopic (exact) mass is 357 g/mol. The number of amides is 1. The highest BCUT2D eigenvalue weighted by Gasteiger charge is 2.55. The van der Waals surface area contributed by atoms with E-state index in [1.165, 1.54) is 0 Å². The molecule has 4 saturated carbocycles. The molecule has 6 heteroatoms. The summed E-state index contributed by atoms with van der Waals surface area (Å²) in [6, 6.07) is 0.165. The molecule has 1 aromatic rings. The van der Waals surface area contributed by atoms with Crippen LogP contribution in [0.1, 0.15) is 72.9 Å². The van der Waals surface area contributed by atoms with E-state index >= 15 is 0 Å². The van der Waals surface area contributed by atoms with Gasteiger partial charge in [0, 0.05) is 18.8 Å². The zero-order chi connectivity index (χ0) is 17.9. The van der Waals surface area contributed by atoms with Crippen LogP contribution in [0.2, 0.25) is 0 Å². The largest absolute Gasteiger partial charge is 0.390 e. The summed E-state index contributed by atoms with van der Waals surface area (Å²) in [4.78, 5) is 21.9. The molecule has 5 aliphatic rings. The molecule has 5 fully saturated rings. The van der Waals surface area contributed by atoms with E-state index in [4.69, 9.17) is 4.74 Å². The van der Waals surface area contributed by atoms with Gasteiger partial charge in [-0.1, -0.05) is 0 Å². The van der Waals surface area contributed by atoms with Crippen molar-refractivity contribution in [3.05, 3.63) is 23.3 Å². The van der Waals surface area contributed by atoms with Crippen molar-refractivity contribution in [1.29, 1.82) is 0 Å². The van der Waals surface area contributed by atoms with E-state index < -0.39 is 5.60 Å². The molecule has 6 rings (SSSR count). The second-order valence-electron chi connectivity index (χ2n) is 8.91. The molecule has 1 amide bonds. The summed E-state index contributed by atoms with van der Waals surface area (Å²) < 4.78 is 5.78. The van der Waals surface area contributed by atoms with Gasteiger partial charge in [-0.15, -0.1) is 0 Å². The Morgan fingerprint density at radius 1 is 1.31 bits per heavy atom. The number of carbonyl (C=O) groups excluding carboxylic acids is 1. The standard InChI is InChI=1S/C20H27N3O3/c1-11-21-10-15(18(22-11)16-3-2-4-26-16)19(24)23-17-13-5-12-6-14(17)9-20(25,7-12)8-13/h10,12-14,16-17,25H,2-9H2,1H3,(H,23,24)/t12?,13?,14?,16?,17-,20+. The van der Waals surface area contributed by atoms with Crippen molar-refractivity contribution >= 4 is 5.91 Å². The van der Waals surface area contributed by atoms with E-state index in [1.54, 1.807) is 6.20 Å². The number of carbonyl (C=O) groups is 1. The first-order valence-corrected chi connectivity index (χ1v) is 9.99. The highest BCUT2D eigenvalue weighted by molar-refractivity contribution is 5.95. The van der Waals surface area contributed by atoms with Gasteiger partial charge in [-0.3, -0.25) is 4.79 Å². The van der Waals surface area contributed by atoms with Crippen molar-refractivity contribution < 1.29 is 14.6 Å². The molecular weight excluding hydrogens is 330 g/mol. The summed E-state index contributed by atoms with van der Waals surface area (Å²) in [5, 5.41) is 14.0. The van der Waals surface area contributed by atoms with Crippen molar-refractivity contribution in [3.8, 4) is 0 Å². The van der Waals surface area contributed by atoms with Crippen molar-refractivity contribution in [1.82, 2.24) is 15.3 Å². The van der Waals surface area contributed by atoms with Gasteiger partial charge in [0.25, 0.3) is 5.91 Å². The predicted molar refractivity (Wildman–Crippen MR) is 94.5 cm³/mol. The van der Waals surface area contributed by atoms with Gasteiger partial charge in [0.2, 0.25) is 0 Å². The Kier molecular flexibility index (Phi) is 3.83. The smallest absolute Gasteiger partial charge is 0.255 e. The maximum Gasteiger partial charge on any atom is 0.255 e. The van der Waals surface area contributed by atoms with Gasteiger partial charge in [-0.25, -0.2) is 9.97 Å². The maximum atomic E-state index is 13.1. The molecule has 2 N–H and O–H groups in total. The van der Waals surface area contributed by atoms with E-state index in [-0.39, 0.29) is 18.1 Å². The average molecular weight is 357 g/mol. The summed E-state index contributed by atoms with van der Waals surface area (Å²) >= 11 is 0. The normalized spacial score (nSPS) is 40.8. The lowest BCUT2D eigenvalue weighted by Crippen LogP contribution is -2.61. The minimum Gasteiger partial charge on any atom is -0.390 e. The first-order chi connectivity index (χ1) is 12.5. The van der Waals surface area contributed by atoms with Crippen LogP contribution in [-0.4, -0.2) is 39.2 Å². The van der Waals surface area contributed by atoms with Crippen LogP contribution in [0.3, 0.4) is 0 Å². The zero-order valence-corrected chi connectivity index (χ0v) is 15.3. The lowest BCUT2D eigenvalue weighted by molar-refractivity contribution is -0.136. The van der Waals surface area contributed by atoms with Gasteiger partial charge in [-0.2, -0.15) is 0 Å². The number of nitrogens with one attached hydrogen (secondary N) is 1. The number of aryl methyl sites for hydroxylation is 1. The number of aromatic nitrogens is 2. The van der Waals surface area contributed by atoms with E-state index in [1.807, 2.05) is 6.92 Å². The van der Waals surface area contributed by atoms with E-state index in [0.29, 0.717) is 29.1 Å². The Morgan fingerprint density at radius 2 is 2.08 bits per heavy atom. The molecule has 26 heavy (non-hydrogen) atoms. The third kappa shape index (κ3) is 2.74. The van der Waals surface area contributed by atoms with Crippen LogP contribution in [0.5, 0.6) is 0 Å². The molecule has 0 radical (unpaired) electrons. The lowest BCUT2D eigenvalue weighted by atomic mass is 9.52. The van der Waals surface area contributed by atoms with Crippen molar-refractivity contribution in [2.75, 3.05) is 6.61 Å². The molecule has 0 aromatic carbocycles. The van der Waals surface area contributed by atoms with Crippen LogP contribution in [0.4, 0.5) is 0 Å². The quantitative estimate of drug-likeness (QED) is 0.867. The highest BCUT2D eigenvalue weighted by atomic mass is 16.5. The van der Waals surface area contributed by atoms with Gasteiger partial charge in [-0.05, 0) is 69.6 Å². The molecule has 4 bridgehead atoms. The van der Waals surface area contributed by atoms with Crippen molar-refractivity contribution in [2.24, 2.45) is 17.8 Å². The van der Waals surface area contributed by atoms with Crippen LogP contribution in [0.15, 0.2) is 6.20 Å². The summed E-state index contributed by atoms with van der Waals surface area (Å²) in [6.45, 7) is 2.57. The fraction of sp³-hybridized carbons (Fsp3) is 0.750. The Balaban J connectivity index is 1.38. The summed E-state index contributed by atoms with van der Waals surface area (Å²) in [5.41, 5.74) is 0.804. The average Bonchev–Trinajstić information content (AvgIpc) is 3.11. The van der Waals surface area contributed by atoms with Crippen molar-refractivity contribution in [3.63, 3.8) is 0 Å². The molecule has 1 aliphatic heterocycles. The Morgan fingerprint density at radius 3 is 2.73 bits per heavy atom. The molecule has 140 valence electrons. The Hall–Kier alpha value is -1.53. The minimum absolute atomic E-state index is 0.0834. The molecule has 1 aromatic heterocycles. The van der Waals surface area contributed by atoms with Gasteiger partial charge in [0.05, 0.1) is 16.9 Å². The van der Waals surface area contributed by atoms with Crippen molar-refractivity contribution in [2.45, 2.75) is 69.6 Å². The predicted octanol–water partition coefficient (Wildman–Crippen LogP) is 2.31. The van der Waals surface area contributed by atoms with Gasteiger partial charge in [0.1, 0.15) is 11.9 Å². The second kappa shape index (κ2) is 5.99. The molecule has 6 nitrogen and oxygen atoms in total. The first kappa shape index (κ1) is 16.6. The number of aliphatic hydroxyl groups is 1. The Labute approximate surface area is 153 Å². The highest BCUT2D eigenvalue weighted by Crippen LogP contribution is 2.55. The van der Waals surface area contributed by atoms with Gasteiger partial charge in [0.15, 0.2) is 0 Å². The lowest BCUT2D eigenvalue weighted by Gasteiger charge is -2.58. The number of nitrogens with zero attached hydrogens (tertiary/aromatic N) is 2. The second-order valence-corrected chi connectivity index (χ2v) is 8.91. The third-order valence-electron chi connectivity index (χ3n) is 6.96. The maximum absolute atomic E-state index is 13.1. The van der Waals surface area contributed by atoms with Gasteiger partial charge < -0.3 is 15.2 Å². The number of ether oxygens (including phenoxy) is 1. The van der Waals surface area contributed by atoms with Gasteiger partial charge >= 0.3 is 0 Å². The van der Waals surface area contributed by atoms with E-state index in [9.17, 15) is 9.90 Å². The van der Waals surface area contributed by atoms with Crippen LogP contribution >= 0.6 is 0 Å². The molecule has 0 spiro atoms. The Bertz CT molecular complexity index is 715. The van der Waals surface area contributed by atoms with E-state index in [2.05, 4.69) is 15.3 Å². The fourth-order valence-corrected chi connectivity index (χ4v) is 6.15. The fourth-order valence-electron chi connectivity index (χ4n) is 6.15. The number of rotatable bonds is 3. The van der Waals surface area contributed by atoms with Crippen LogP contribution in [-0.2, 0) is 4.74 Å². The molecule has 3 unspecified atom stereocenters. The number of hydrogen-bond acceptors (Lipinski definition) is 5. The first-order valence-electron chi connectivity index (χ1n) is 9.99. The molecule has 2 heterocycles. The van der Waals surface area contributed by atoms with Crippen LogP contribution in [0, 0.1) is 24.7 Å². The SMILES string of the molecule is Cc1ncc(C(=O)N[C@H]2C3CC4CC2C[C@@](O)(C4)C3)c(C2CCCO2)n1. The summed E-state index contributed by atoms with van der Waals surface area (Å²) in [6.07, 6.45) is 8.33. The van der Waals surface area contributed by atoms with E-state index in [0.717, 1.165) is 57.2 Å². The zero-order valence-electron chi connectivity index (χ0n) is 15.3. The third-order valence-corrected chi connectivity index (χ3v) is 6.96. The summed E-state index contributed by atoms with van der Waals surface area (Å²) in [5.74, 6) is 2.01. The molecule has 3 atom stereocenters. The molecule has 4 aliphatic carbocycles. The number of hydrogen-bond donors (Lipinski definition) is 2. The molecule has 1 saturated heterocycles. The molecular formula is C20H27N3O3. The topological polar surface area (TPSA) is 84.3 Å². The minimum atomic E-state index is -0.479. The van der Waals surface area contributed by atoms with Crippen LogP contribution < -0.4 is 5.32 Å². The van der Waals surface area contributed by atoms with Crippen LogP contribution in [0.25, 0.3) is 0 Å².